The lowest BCUT2D eigenvalue weighted by atomic mass is 10.2. The third kappa shape index (κ3) is 2.89. The zero-order valence-corrected chi connectivity index (χ0v) is 12.0. The first-order valence-corrected chi connectivity index (χ1v) is 7.00. The fraction of sp³-hybridized carbons (Fsp3) is 0.467. The van der Waals surface area contributed by atoms with Crippen molar-refractivity contribution < 1.29 is 4.74 Å². The van der Waals surface area contributed by atoms with Gasteiger partial charge in [0.2, 0.25) is 0 Å². The molecule has 0 radical (unpaired) electrons. The Kier molecular flexibility index (Phi) is 3.80. The molecular weight excluding hydrogens is 252 g/mol. The van der Waals surface area contributed by atoms with Gasteiger partial charge in [-0.2, -0.15) is 0 Å². The van der Waals surface area contributed by atoms with Crippen LogP contribution in [0.25, 0.3) is 11.0 Å². The van der Waals surface area contributed by atoms with Crippen LogP contribution in [-0.4, -0.2) is 54.3 Å². The van der Waals surface area contributed by atoms with E-state index in [0.29, 0.717) is 0 Å². The van der Waals surface area contributed by atoms with Crippen LogP contribution in [0.15, 0.2) is 24.3 Å². The van der Waals surface area contributed by atoms with Crippen molar-refractivity contribution >= 4 is 16.9 Å². The molecule has 106 valence electrons. The number of benzene rings is 1. The number of anilines is 1. The maximum atomic E-state index is 5.75. The van der Waals surface area contributed by atoms with Crippen molar-refractivity contribution in [2.45, 2.75) is 13.0 Å². The molecule has 1 fully saturated rings. The molecular formula is C15H20N4O. The van der Waals surface area contributed by atoms with Gasteiger partial charge in [-0.1, -0.05) is 12.1 Å². The van der Waals surface area contributed by atoms with Gasteiger partial charge in [-0.25, -0.2) is 9.97 Å². The normalized spacial score (nSPS) is 20.2. The molecule has 0 aliphatic carbocycles. The largest absolute Gasteiger partial charge is 0.374 e. The fourth-order valence-electron chi connectivity index (χ4n) is 2.46. The molecule has 0 spiro atoms. The Labute approximate surface area is 119 Å². The predicted molar refractivity (Wildman–Crippen MR) is 80.0 cm³/mol. The number of nitrogens with one attached hydrogen (secondary N) is 1. The van der Waals surface area contributed by atoms with Gasteiger partial charge in [0.05, 0.1) is 29.4 Å². The first-order chi connectivity index (χ1) is 9.72. The van der Waals surface area contributed by atoms with Gasteiger partial charge in [0, 0.05) is 19.6 Å². The van der Waals surface area contributed by atoms with E-state index in [2.05, 4.69) is 27.2 Å². The second kappa shape index (κ2) is 5.73. The summed E-state index contributed by atoms with van der Waals surface area (Å²) in [5, 5.41) is 3.37. The number of para-hydroxylation sites is 2. The summed E-state index contributed by atoms with van der Waals surface area (Å²) in [5.41, 5.74) is 2.78. The highest BCUT2D eigenvalue weighted by atomic mass is 16.5. The fourth-order valence-corrected chi connectivity index (χ4v) is 2.46. The second-order valence-electron chi connectivity index (χ2n) is 5.28. The standard InChI is InChI=1S/C15H20N4O/c1-11-15(16-9-12-10-19(2)7-8-20-12)18-14-6-4-3-5-13(14)17-11/h3-6,12H,7-10H2,1-2H3,(H,16,18)/t12-/m0/s1. The molecule has 20 heavy (non-hydrogen) atoms. The Hall–Kier alpha value is -1.72. The monoisotopic (exact) mass is 272 g/mol. The van der Waals surface area contributed by atoms with E-state index in [1.165, 1.54) is 0 Å². The maximum Gasteiger partial charge on any atom is 0.148 e. The van der Waals surface area contributed by atoms with Crippen molar-refractivity contribution in [3.63, 3.8) is 0 Å². The van der Waals surface area contributed by atoms with Crippen LogP contribution in [0.1, 0.15) is 5.69 Å². The van der Waals surface area contributed by atoms with Gasteiger partial charge in [0.1, 0.15) is 5.82 Å². The molecule has 1 N–H and O–H groups in total. The Balaban J connectivity index is 1.72. The van der Waals surface area contributed by atoms with Gasteiger partial charge in [0.15, 0.2) is 0 Å². The second-order valence-corrected chi connectivity index (χ2v) is 5.28. The van der Waals surface area contributed by atoms with Crippen LogP contribution in [0.3, 0.4) is 0 Å². The minimum Gasteiger partial charge on any atom is -0.374 e. The van der Waals surface area contributed by atoms with Crippen molar-refractivity contribution in [2.75, 3.05) is 38.6 Å². The van der Waals surface area contributed by atoms with E-state index in [-0.39, 0.29) is 6.10 Å². The summed E-state index contributed by atoms with van der Waals surface area (Å²) in [7, 11) is 2.12. The van der Waals surface area contributed by atoms with Crippen LogP contribution < -0.4 is 5.32 Å². The molecule has 3 rings (SSSR count). The molecule has 1 aromatic heterocycles. The van der Waals surface area contributed by atoms with Gasteiger partial charge >= 0.3 is 0 Å². The number of aromatic nitrogens is 2. The number of rotatable bonds is 3. The first-order valence-electron chi connectivity index (χ1n) is 7.00. The molecule has 0 saturated carbocycles. The molecule has 5 heteroatoms. The number of ether oxygens (including phenoxy) is 1. The average molecular weight is 272 g/mol. The quantitative estimate of drug-likeness (QED) is 0.921. The third-order valence-electron chi connectivity index (χ3n) is 3.58. The van der Waals surface area contributed by atoms with Gasteiger partial charge in [-0.15, -0.1) is 0 Å². The van der Waals surface area contributed by atoms with Crippen LogP contribution >= 0.6 is 0 Å². The summed E-state index contributed by atoms with van der Waals surface area (Å²) in [6.45, 7) is 5.50. The van der Waals surface area contributed by atoms with Crippen molar-refractivity contribution in [1.82, 2.24) is 14.9 Å². The van der Waals surface area contributed by atoms with Crippen molar-refractivity contribution in [3.8, 4) is 0 Å². The van der Waals surface area contributed by atoms with E-state index in [1.807, 2.05) is 31.2 Å². The van der Waals surface area contributed by atoms with Gasteiger partial charge < -0.3 is 15.0 Å². The SMILES string of the molecule is Cc1nc2ccccc2nc1NC[C@H]1CN(C)CCO1. The summed E-state index contributed by atoms with van der Waals surface area (Å²) in [6, 6.07) is 7.93. The van der Waals surface area contributed by atoms with E-state index < -0.39 is 0 Å². The molecule has 1 aromatic carbocycles. The number of nitrogens with zero attached hydrogens (tertiary/aromatic N) is 3. The molecule has 0 bridgehead atoms. The predicted octanol–water partition coefficient (Wildman–Crippen LogP) is 1.68. The molecule has 1 aliphatic heterocycles. The molecule has 0 amide bonds. The number of fused-ring (bicyclic) bond motifs is 1. The Morgan fingerprint density at radius 2 is 2.05 bits per heavy atom. The highest BCUT2D eigenvalue weighted by Crippen LogP contribution is 2.16. The number of morpholine rings is 1. The van der Waals surface area contributed by atoms with Crippen LogP contribution in [0.4, 0.5) is 5.82 Å². The summed E-state index contributed by atoms with van der Waals surface area (Å²) in [4.78, 5) is 11.5. The Morgan fingerprint density at radius 3 is 2.80 bits per heavy atom. The number of hydrogen-bond acceptors (Lipinski definition) is 5. The number of hydrogen-bond donors (Lipinski definition) is 1. The van der Waals surface area contributed by atoms with E-state index in [1.54, 1.807) is 0 Å². The molecule has 5 nitrogen and oxygen atoms in total. The summed E-state index contributed by atoms with van der Waals surface area (Å²) in [5.74, 6) is 0.848. The topological polar surface area (TPSA) is 50.3 Å². The van der Waals surface area contributed by atoms with E-state index in [9.17, 15) is 0 Å². The number of likely N-dealkylation sites (N-methyl/N-ethyl adjacent to an activating group) is 1. The van der Waals surface area contributed by atoms with Crippen molar-refractivity contribution in [1.29, 1.82) is 0 Å². The zero-order valence-electron chi connectivity index (χ0n) is 12.0. The molecule has 0 unspecified atom stereocenters. The lowest BCUT2D eigenvalue weighted by Crippen LogP contribution is -2.43. The van der Waals surface area contributed by atoms with E-state index >= 15 is 0 Å². The third-order valence-corrected chi connectivity index (χ3v) is 3.58. The van der Waals surface area contributed by atoms with Crippen LogP contribution in [0.2, 0.25) is 0 Å². The van der Waals surface area contributed by atoms with Crippen LogP contribution in [0, 0.1) is 6.92 Å². The molecule has 1 atom stereocenters. The van der Waals surface area contributed by atoms with Crippen LogP contribution in [-0.2, 0) is 4.74 Å². The highest BCUT2D eigenvalue weighted by molar-refractivity contribution is 5.76. The van der Waals surface area contributed by atoms with Crippen molar-refractivity contribution in [2.24, 2.45) is 0 Å². The minimum absolute atomic E-state index is 0.210. The average Bonchev–Trinajstić information content (AvgIpc) is 2.45. The Bertz CT molecular complexity index is 601. The number of aryl methyl sites for hydroxylation is 1. The van der Waals surface area contributed by atoms with Gasteiger partial charge in [0.25, 0.3) is 0 Å². The molecule has 2 aromatic rings. The van der Waals surface area contributed by atoms with E-state index in [0.717, 1.165) is 48.8 Å². The zero-order chi connectivity index (χ0) is 13.9. The lowest BCUT2D eigenvalue weighted by molar-refractivity contribution is -0.0117. The Morgan fingerprint density at radius 1 is 1.30 bits per heavy atom. The summed E-state index contributed by atoms with van der Waals surface area (Å²) in [6.07, 6.45) is 0.210. The summed E-state index contributed by atoms with van der Waals surface area (Å²) < 4.78 is 5.75. The van der Waals surface area contributed by atoms with Gasteiger partial charge in [-0.05, 0) is 26.1 Å². The molecule has 1 aliphatic rings. The first kappa shape index (κ1) is 13.3. The van der Waals surface area contributed by atoms with Crippen LogP contribution in [0.5, 0.6) is 0 Å². The maximum absolute atomic E-state index is 5.75. The van der Waals surface area contributed by atoms with Crippen molar-refractivity contribution in [3.05, 3.63) is 30.0 Å². The molecule has 2 heterocycles. The minimum atomic E-state index is 0.210. The highest BCUT2D eigenvalue weighted by Gasteiger charge is 2.17. The molecule has 1 saturated heterocycles. The lowest BCUT2D eigenvalue weighted by Gasteiger charge is -2.30. The van der Waals surface area contributed by atoms with Gasteiger partial charge in [-0.3, -0.25) is 0 Å². The van der Waals surface area contributed by atoms with E-state index in [4.69, 9.17) is 4.74 Å². The summed E-state index contributed by atoms with van der Waals surface area (Å²) >= 11 is 0. The smallest absolute Gasteiger partial charge is 0.148 e.